The number of aryl methyl sites for hydroxylation is 1. The second-order valence-electron chi connectivity index (χ2n) is 4.60. The molecule has 0 N–H and O–H groups in total. The fourth-order valence-electron chi connectivity index (χ4n) is 1.62. The fourth-order valence-corrected chi connectivity index (χ4v) is 1.83. The predicted molar refractivity (Wildman–Crippen MR) is 71.1 cm³/mol. The third-order valence-electron chi connectivity index (χ3n) is 3.11. The molecule has 7 heteroatoms. The van der Waals surface area contributed by atoms with Crippen LogP contribution in [0.15, 0.2) is 0 Å². The molecule has 0 fully saturated rings. The molecule has 0 aromatic carbocycles. The topological polar surface area (TPSA) is 72.2 Å². The van der Waals surface area contributed by atoms with Gasteiger partial charge >= 0.3 is 5.69 Å². The second-order valence-corrected chi connectivity index (χ2v) is 4.94. The Morgan fingerprint density at radius 3 is 2.33 bits per heavy atom. The Balaban J connectivity index is 3.34. The first-order chi connectivity index (χ1) is 8.25. The van der Waals surface area contributed by atoms with Crippen LogP contribution in [0.1, 0.15) is 26.5 Å². The Hall–Kier alpha value is -1.43. The van der Waals surface area contributed by atoms with Gasteiger partial charge in [0, 0.05) is 13.1 Å². The van der Waals surface area contributed by atoms with Crippen molar-refractivity contribution in [3.05, 3.63) is 21.1 Å². The van der Waals surface area contributed by atoms with Crippen LogP contribution < -0.4 is 4.90 Å². The normalized spacial score (nSPS) is 12.6. The van der Waals surface area contributed by atoms with E-state index in [0.717, 1.165) is 0 Å². The van der Waals surface area contributed by atoms with Gasteiger partial charge < -0.3 is 4.90 Å². The average Bonchev–Trinajstić information content (AvgIpc) is 2.24. The van der Waals surface area contributed by atoms with Crippen molar-refractivity contribution in [1.82, 2.24) is 9.97 Å². The number of nitrogens with zero attached hydrogens (tertiary/aromatic N) is 4. The van der Waals surface area contributed by atoms with Crippen molar-refractivity contribution in [2.24, 2.45) is 5.92 Å². The van der Waals surface area contributed by atoms with E-state index in [1.165, 1.54) is 0 Å². The van der Waals surface area contributed by atoms with Gasteiger partial charge in [-0.3, -0.25) is 10.1 Å². The molecule has 100 valence electrons. The van der Waals surface area contributed by atoms with E-state index in [1.54, 1.807) is 18.9 Å². The van der Waals surface area contributed by atoms with Crippen molar-refractivity contribution >= 4 is 23.1 Å². The zero-order chi connectivity index (χ0) is 14.0. The number of hydrogen-bond donors (Lipinski definition) is 0. The van der Waals surface area contributed by atoms with E-state index < -0.39 is 4.92 Å². The molecule has 0 amide bonds. The molecule has 18 heavy (non-hydrogen) atoms. The number of hydrogen-bond acceptors (Lipinski definition) is 5. The van der Waals surface area contributed by atoms with Crippen LogP contribution in [0.3, 0.4) is 0 Å². The van der Waals surface area contributed by atoms with Crippen molar-refractivity contribution in [3.8, 4) is 0 Å². The lowest BCUT2D eigenvalue weighted by Crippen LogP contribution is -2.34. The van der Waals surface area contributed by atoms with E-state index in [9.17, 15) is 10.1 Å². The van der Waals surface area contributed by atoms with E-state index in [4.69, 9.17) is 11.6 Å². The Labute approximate surface area is 111 Å². The lowest BCUT2D eigenvalue weighted by molar-refractivity contribution is -0.385. The first kappa shape index (κ1) is 14.6. The summed E-state index contributed by atoms with van der Waals surface area (Å²) < 4.78 is 0. The monoisotopic (exact) mass is 272 g/mol. The Bertz CT molecular complexity index is 465. The van der Waals surface area contributed by atoms with Crippen molar-refractivity contribution in [1.29, 1.82) is 0 Å². The third-order valence-corrected chi connectivity index (χ3v) is 3.27. The summed E-state index contributed by atoms with van der Waals surface area (Å²) in [5.41, 5.74) is 0.187. The zero-order valence-corrected chi connectivity index (χ0v) is 11.9. The summed E-state index contributed by atoms with van der Waals surface area (Å²) in [6, 6.07) is 0.106. The van der Waals surface area contributed by atoms with Crippen molar-refractivity contribution < 1.29 is 4.92 Å². The molecule has 0 aliphatic heterocycles. The Morgan fingerprint density at radius 1 is 1.33 bits per heavy atom. The van der Waals surface area contributed by atoms with E-state index in [-0.39, 0.29) is 28.5 Å². The van der Waals surface area contributed by atoms with Gasteiger partial charge in [0.15, 0.2) is 0 Å². The lowest BCUT2D eigenvalue weighted by Gasteiger charge is -2.28. The molecular formula is C11H17ClN4O2. The highest BCUT2D eigenvalue weighted by molar-refractivity contribution is 6.28. The first-order valence-electron chi connectivity index (χ1n) is 5.67. The average molecular weight is 273 g/mol. The van der Waals surface area contributed by atoms with Gasteiger partial charge in [0.05, 0.1) is 4.92 Å². The molecule has 0 saturated heterocycles. The van der Waals surface area contributed by atoms with Gasteiger partial charge in [0.25, 0.3) is 0 Å². The van der Waals surface area contributed by atoms with Gasteiger partial charge in [-0.05, 0) is 31.4 Å². The second kappa shape index (κ2) is 5.48. The van der Waals surface area contributed by atoms with Crippen molar-refractivity contribution in [3.63, 3.8) is 0 Å². The summed E-state index contributed by atoms with van der Waals surface area (Å²) >= 11 is 5.78. The molecule has 0 bridgehead atoms. The Kier molecular flexibility index (Phi) is 4.45. The first-order valence-corrected chi connectivity index (χ1v) is 6.04. The maximum Gasteiger partial charge on any atom is 0.332 e. The number of rotatable bonds is 4. The van der Waals surface area contributed by atoms with Gasteiger partial charge in [-0.2, -0.15) is 4.98 Å². The Morgan fingerprint density at radius 2 is 1.89 bits per heavy atom. The standard InChI is InChI=1S/C11H17ClN4O2/c1-6(2)8(4)15(5)10-9(16(17)18)7(3)13-11(12)14-10/h6,8H,1-5H3. The van der Waals surface area contributed by atoms with E-state index in [2.05, 4.69) is 9.97 Å². The van der Waals surface area contributed by atoms with Gasteiger partial charge in [-0.15, -0.1) is 0 Å². The third kappa shape index (κ3) is 2.87. The zero-order valence-electron chi connectivity index (χ0n) is 11.1. The van der Waals surface area contributed by atoms with E-state index >= 15 is 0 Å². The molecular weight excluding hydrogens is 256 g/mol. The smallest absolute Gasteiger partial charge is 0.332 e. The number of nitro groups is 1. The quantitative estimate of drug-likeness (QED) is 0.479. The maximum atomic E-state index is 11.1. The van der Waals surface area contributed by atoms with Crippen LogP contribution in [0.25, 0.3) is 0 Å². The molecule has 1 aromatic rings. The van der Waals surface area contributed by atoms with Crippen LogP contribution >= 0.6 is 11.6 Å². The molecule has 0 saturated carbocycles. The van der Waals surface area contributed by atoms with Crippen LogP contribution in [0.2, 0.25) is 5.28 Å². The van der Waals surface area contributed by atoms with Crippen LogP contribution in [-0.4, -0.2) is 28.0 Å². The highest BCUT2D eigenvalue weighted by atomic mass is 35.5. The largest absolute Gasteiger partial charge is 0.351 e. The molecule has 0 aliphatic rings. The van der Waals surface area contributed by atoms with Crippen LogP contribution in [0, 0.1) is 23.0 Å². The minimum absolute atomic E-state index is 0.0240. The van der Waals surface area contributed by atoms with E-state index in [0.29, 0.717) is 5.92 Å². The van der Waals surface area contributed by atoms with Crippen molar-refractivity contribution in [2.45, 2.75) is 33.7 Å². The molecule has 1 atom stereocenters. The van der Waals surface area contributed by atoms with Crippen LogP contribution in [-0.2, 0) is 0 Å². The molecule has 1 aromatic heterocycles. The minimum atomic E-state index is -0.468. The van der Waals surface area contributed by atoms with Gasteiger partial charge in [0.2, 0.25) is 11.1 Å². The fraction of sp³-hybridized carbons (Fsp3) is 0.636. The molecule has 6 nitrogen and oxygen atoms in total. The molecule has 1 unspecified atom stereocenters. The number of halogens is 1. The lowest BCUT2D eigenvalue weighted by atomic mass is 10.1. The summed E-state index contributed by atoms with van der Waals surface area (Å²) in [5.74, 6) is 0.599. The highest BCUT2D eigenvalue weighted by Crippen LogP contribution is 2.31. The highest BCUT2D eigenvalue weighted by Gasteiger charge is 2.27. The van der Waals surface area contributed by atoms with Gasteiger partial charge in [-0.1, -0.05) is 13.8 Å². The van der Waals surface area contributed by atoms with Crippen molar-refractivity contribution in [2.75, 3.05) is 11.9 Å². The molecule has 0 radical (unpaired) electrons. The summed E-state index contributed by atoms with van der Waals surface area (Å²) in [7, 11) is 1.77. The summed E-state index contributed by atoms with van der Waals surface area (Å²) in [4.78, 5) is 20.2. The number of aromatic nitrogens is 2. The van der Waals surface area contributed by atoms with Gasteiger partial charge in [0.1, 0.15) is 5.69 Å². The number of anilines is 1. The maximum absolute atomic E-state index is 11.1. The van der Waals surface area contributed by atoms with Gasteiger partial charge in [-0.25, -0.2) is 4.98 Å². The SMILES string of the molecule is Cc1nc(Cl)nc(N(C)C(C)C(C)C)c1[N+](=O)[O-]. The predicted octanol–water partition coefficient (Wildman–Crippen LogP) is 2.83. The minimum Gasteiger partial charge on any atom is -0.351 e. The molecule has 1 heterocycles. The molecule has 1 rings (SSSR count). The summed E-state index contributed by atoms with van der Waals surface area (Å²) in [6.07, 6.45) is 0. The van der Waals surface area contributed by atoms with E-state index in [1.807, 2.05) is 20.8 Å². The van der Waals surface area contributed by atoms with Crippen LogP contribution in [0.5, 0.6) is 0 Å². The summed E-state index contributed by atoms with van der Waals surface area (Å²) in [6.45, 7) is 7.63. The molecule has 0 aliphatic carbocycles. The van der Waals surface area contributed by atoms with Crippen LogP contribution in [0.4, 0.5) is 11.5 Å². The summed E-state index contributed by atoms with van der Waals surface area (Å²) in [5, 5.41) is 11.1. The molecule has 0 spiro atoms.